The third-order valence-electron chi connectivity index (χ3n) is 1.64. The van der Waals surface area contributed by atoms with Gasteiger partial charge in [-0.1, -0.05) is 6.92 Å². The minimum atomic E-state index is 0.448. The summed E-state index contributed by atoms with van der Waals surface area (Å²) >= 11 is 4.88. The summed E-state index contributed by atoms with van der Waals surface area (Å²) in [6, 6.07) is 2.10. The Morgan fingerprint density at radius 1 is 1.67 bits per heavy atom. The molecule has 0 radical (unpaired) electrons. The normalized spacial score (nSPS) is 9.42. The van der Waals surface area contributed by atoms with E-state index in [0.717, 1.165) is 17.8 Å². The van der Waals surface area contributed by atoms with Crippen molar-refractivity contribution in [1.29, 1.82) is 5.26 Å². The Kier molecular flexibility index (Phi) is 2.56. The second kappa shape index (κ2) is 3.46. The van der Waals surface area contributed by atoms with Gasteiger partial charge in [0.05, 0.1) is 11.3 Å². The molecule has 0 aliphatic carbocycles. The summed E-state index contributed by atoms with van der Waals surface area (Å²) in [6.07, 6.45) is 0.738. The number of hydrogen-bond donors (Lipinski definition) is 1. The molecule has 0 fully saturated rings. The van der Waals surface area contributed by atoms with E-state index in [9.17, 15) is 0 Å². The lowest BCUT2D eigenvalue weighted by Crippen LogP contribution is -1.99. The largest absolute Gasteiger partial charge is 0.333 e. The Labute approximate surface area is 76.1 Å². The summed E-state index contributed by atoms with van der Waals surface area (Å²) in [5.74, 6) is 0. The summed E-state index contributed by atoms with van der Waals surface area (Å²) in [4.78, 5) is 6.91. The second-order valence-corrected chi connectivity index (χ2v) is 2.84. The highest BCUT2D eigenvalue weighted by Gasteiger charge is 2.04. The number of aromatic nitrogens is 2. The van der Waals surface area contributed by atoms with Gasteiger partial charge in [0.1, 0.15) is 6.07 Å². The van der Waals surface area contributed by atoms with Crippen LogP contribution in [0.3, 0.4) is 0 Å². The van der Waals surface area contributed by atoms with Crippen LogP contribution in [0.2, 0.25) is 0 Å². The van der Waals surface area contributed by atoms with Crippen LogP contribution >= 0.6 is 12.2 Å². The number of hydrogen-bond acceptors (Lipinski definition) is 3. The Morgan fingerprint density at radius 3 is 2.83 bits per heavy atom. The van der Waals surface area contributed by atoms with Gasteiger partial charge in [0, 0.05) is 5.69 Å². The molecule has 0 unspecified atom stereocenters. The van der Waals surface area contributed by atoms with Gasteiger partial charge < -0.3 is 4.98 Å². The summed E-state index contributed by atoms with van der Waals surface area (Å²) in [6.45, 7) is 3.78. The van der Waals surface area contributed by atoms with Crippen LogP contribution in [-0.4, -0.2) is 9.97 Å². The van der Waals surface area contributed by atoms with Gasteiger partial charge in [-0.15, -0.1) is 0 Å². The molecule has 0 amide bonds. The van der Waals surface area contributed by atoms with Crippen LogP contribution in [0.1, 0.15) is 23.9 Å². The molecule has 0 bridgehead atoms. The first-order valence-corrected chi connectivity index (χ1v) is 4.09. The van der Waals surface area contributed by atoms with Crippen LogP contribution in [0.25, 0.3) is 0 Å². The highest BCUT2D eigenvalue weighted by atomic mass is 32.1. The van der Waals surface area contributed by atoms with E-state index in [2.05, 4.69) is 16.0 Å². The zero-order valence-corrected chi connectivity index (χ0v) is 7.83. The van der Waals surface area contributed by atoms with Crippen molar-refractivity contribution in [1.82, 2.24) is 9.97 Å². The van der Waals surface area contributed by atoms with E-state index in [-0.39, 0.29) is 0 Å². The lowest BCUT2D eigenvalue weighted by molar-refractivity contribution is 0.947. The average Bonchev–Trinajstić information content (AvgIpc) is 2.03. The number of H-pyrrole nitrogens is 1. The molecule has 1 rings (SSSR count). The van der Waals surface area contributed by atoms with Crippen molar-refractivity contribution in [3.05, 3.63) is 21.7 Å². The first-order valence-electron chi connectivity index (χ1n) is 3.69. The Hall–Kier alpha value is -1.21. The van der Waals surface area contributed by atoms with Crippen LogP contribution in [0.15, 0.2) is 0 Å². The van der Waals surface area contributed by atoms with Gasteiger partial charge in [-0.2, -0.15) is 5.26 Å². The van der Waals surface area contributed by atoms with E-state index in [1.54, 1.807) is 0 Å². The number of nitrogens with one attached hydrogen (secondary N) is 1. The molecule has 4 heteroatoms. The SMILES string of the molecule is CCc1nc(=S)[nH]c(C)c1C#N. The third kappa shape index (κ3) is 1.51. The molecule has 12 heavy (non-hydrogen) atoms. The van der Waals surface area contributed by atoms with Gasteiger partial charge in [0.25, 0.3) is 0 Å². The molecule has 0 aromatic carbocycles. The van der Waals surface area contributed by atoms with E-state index in [1.807, 2.05) is 13.8 Å². The maximum atomic E-state index is 8.78. The van der Waals surface area contributed by atoms with E-state index < -0.39 is 0 Å². The van der Waals surface area contributed by atoms with Crippen molar-refractivity contribution in [2.24, 2.45) is 0 Å². The number of aromatic amines is 1. The Bertz CT molecular complexity index is 386. The molecule has 1 N–H and O–H groups in total. The van der Waals surface area contributed by atoms with Crippen LogP contribution in [0.5, 0.6) is 0 Å². The highest BCUT2D eigenvalue weighted by molar-refractivity contribution is 7.71. The molecule has 0 aliphatic rings. The van der Waals surface area contributed by atoms with Crippen molar-refractivity contribution in [2.45, 2.75) is 20.3 Å². The van der Waals surface area contributed by atoms with E-state index >= 15 is 0 Å². The van der Waals surface area contributed by atoms with E-state index in [4.69, 9.17) is 17.5 Å². The third-order valence-corrected chi connectivity index (χ3v) is 1.83. The predicted molar refractivity (Wildman–Crippen MR) is 48.3 cm³/mol. The molecular weight excluding hydrogens is 170 g/mol. The fourth-order valence-corrected chi connectivity index (χ4v) is 1.31. The summed E-state index contributed by atoms with van der Waals surface area (Å²) in [5, 5.41) is 8.78. The zero-order valence-electron chi connectivity index (χ0n) is 7.01. The molecule has 1 aromatic rings. The second-order valence-electron chi connectivity index (χ2n) is 2.45. The minimum Gasteiger partial charge on any atom is -0.333 e. The summed E-state index contributed by atoms with van der Waals surface area (Å²) in [7, 11) is 0. The van der Waals surface area contributed by atoms with Gasteiger partial charge >= 0.3 is 0 Å². The molecule has 1 heterocycles. The van der Waals surface area contributed by atoms with Gasteiger partial charge in [0.2, 0.25) is 0 Å². The molecule has 3 nitrogen and oxygen atoms in total. The first kappa shape index (κ1) is 8.88. The van der Waals surface area contributed by atoms with Crippen LogP contribution in [-0.2, 0) is 6.42 Å². The monoisotopic (exact) mass is 179 g/mol. The number of aryl methyl sites for hydroxylation is 2. The smallest absolute Gasteiger partial charge is 0.197 e. The molecule has 1 aromatic heterocycles. The molecule has 0 atom stereocenters. The number of rotatable bonds is 1. The van der Waals surface area contributed by atoms with Gasteiger partial charge in [-0.25, -0.2) is 4.98 Å². The van der Waals surface area contributed by atoms with Crippen LogP contribution in [0, 0.1) is 23.0 Å². The number of nitrogens with zero attached hydrogens (tertiary/aromatic N) is 2. The predicted octanol–water partition coefficient (Wildman–Crippen LogP) is 1.88. The van der Waals surface area contributed by atoms with E-state index in [1.165, 1.54) is 0 Å². The molecule has 0 saturated carbocycles. The van der Waals surface area contributed by atoms with Gasteiger partial charge in [-0.3, -0.25) is 0 Å². The molecule has 0 aliphatic heterocycles. The topological polar surface area (TPSA) is 52.5 Å². The fourth-order valence-electron chi connectivity index (χ4n) is 1.05. The van der Waals surface area contributed by atoms with Gasteiger partial charge in [0.15, 0.2) is 4.77 Å². The van der Waals surface area contributed by atoms with E-state index in [0.29, 0.717) is 10.3 Å². The first-order chi connectivity index (χ1) is 5.69. The zero-order chi connectivity index (χ0) is 9.14. The van der Waals surface area contributed by atoms with Gasteiger partial charge in [-0.05, 0) is 25.6 Å². The van der Waals surface area contributed by atoms with Crippen molar-refractivity contribution in [2.75, 3.05) is 0 Å². The summed E-state index contributed by atoms with van der Waals surface area (Å²) < 4.78 is 0.448. The van der Waals surface area contributed by atoms with Crippen molar-refractivity contribution >= 4 is 12.2 Å². The van der Waals surface area contributed by atoms with Crippen molar-refractivity contribution in [3.63, 3.8) is 0 Å². The van der Waals surface area contributed by atoms with Crippen LogP contribution in [0.4, 0.5) is 0 Å². The van der Waals surface area contributed by atoms with Crippen molar-refractivity contribution < 1.29 is 0 Å². The highest BCUT2D eigenvalue weighted by Crippen LogP contribution is 2.08. The molecule has 0 saturated heterocycles. The molecular formula is C8H9N3S. The fraction of sp³-hybridized carbons (Fsp3) is 0.375. The summed E-state index contributed by atoms with van der Waals surface area (Å²) in [5.41, 5.74) is 2.19. The van der Waals surface area contributed by atoms with Crippen LogP contribution < -0.4 is 0 Å². The standard InChI is InChI=1S/C8H9N3S/c1-3-7-6(4-9)5(2)10-8(12)11-7/h3H2,1-2H3,(H,10,11,12). The maximum Gasteiger partial charge on any atom is 0.197 e. The molecule has 62 valence electrons. The molecule has 0 spiro atoms. The maximum absolute atomic E-state index is 8.78. The number of nitriles is 1. The van der Waals surface area contributed by atoms with Crippen molar-refractivity contribution in [3.8, 4) is 6.07 Å². The lowest BCUT2D eigenvalue weighted by Gasteiger charge is -2.01. The average molecular weight is 179 g/mol. The Morgan fingerprint density at radius 2 is 2.33 bits per heavy atom. The quantitative estimate of drug-likeness (QED) is 0.670. The Balaban J connectivity index is 3.47. The minimum absolute atomic E-state index is 0.448. The lowest BCUT2D eigenvalue weighted by atomic mass is 10.1.